The molecule has 202 valence electrons. The number of para-hydroxylation sites is 1. The Kier molecular flexibility index (Phi) is 10.8. The fraction of sp³-hybridized carbons (Fsp3) is 0.444. The van der Waals surface area contributed by atoms with E-state index in [0.29, 0.717) is 16.3 Å². The van der Waals surface area contributed by atoms with Crippen LogP contribution in [0, 0.1) is 20.8 Å². The minimum absolute atomic E-state index is 0.0509. The topological polar surface area (TPSA) is 108 Å². The van der Waals surface area contributed by atoms with Crippen molar-refractivity contribution in [1.82, 2.24) is 10.2 Å². The average Bonchev–Trinajstić information content (AvgIpc) is 2.79. The van der Waals surface area contributed by atoms with Gasteiger partial charge in [-0.2, -0.15) is 12.6 Å². The van der Waals surface area contributed by atoms with Crippen molar-refractivity contribution in [2.75, 3.05) is 24.2 Å². The lowest BCUT2D eigenvalue weighted by Crippen LogP contribution is -2.54. The summed E-state index contributed by atoms with van der Waals surface area (Å²) >= 11 is 10.6. The highest BCUT2D eigenvalue weighted by Crippen LogP contribution is 2.32. The number of aliphatic hydroxyl groups is 1. The normalized spacial score (nSPS) is 12.9. The van der Waals surface area contributed by atoms with Gasteiger partial charge in [-0.15, -0.1) is 0 Å². The number of benzene rings is 2. The summed E-state index contributed by atoms with van der Waals surface area (Å²) in [5.41, 5.74) is 2.60. The van der Waals surface area contributed by atoms with Crippen molar-refractivity contribution in [2.24, 2.45) is 0 Å². The van der Waals surface area contributed by atoms with Crippen LogP contribution >= 0.6 is 24.2 Å². The van der Waals surface area contributed by atoms with E-state index in [4.69, 9.17) is 16.3 Å². The molecule has 2 aromatic rings. The number of thiol groups is 1. The molecule has 2 atom stereocenters. The predicted molar refractivity (Wildman–Crippen MR) is 149 cm³/mol. The SMILES string of the molecule is Cc1cccc(Cl)c1NC(=O)C(c1c(C)cccc1C)N(CCO)C(=O)C(CS)NC(=O)OC(C)(C)C. The Morgan fingerprint density at radius 3 is 2.14 bits per heavy atom. The summed E-state index contributed by atoms with van der Waals surface area (Å²) < 4.78 is 5.30. The third-order valence-corrected chi connectivity index (χ3v) is 6.32. The van der Waals surface area contributed by atoms with E-state index in [1.807, 2.05) is 45.0 Å². The smallest absolute Gasteiger partial charge is 0.408 e. The van der Waals surface area contributed by atoms with Gasteiger partial charge in [0.05, 0.1) is 17.3 Å². The molecule has 3 amide bonds. The van der Waals surface area contributed by atoms with E-state index in [2.05, 4.69) is 23.3 Å². The first-order valence-electron chi connectivity index (χ1n) is 11.9. The quantitative estimate of drug-likeness (QED) is 0.342. The second kappa shape index (κ2) is 13.2. The Hall–Kier alpha value is -2.75. The maximum atomic E-state index is 13.9. The van der Waals surface area contributed by atoms with Gasteiger partial charge < -0.3 is 25.4 Å². The maximum Gasteiger partial charge on any atom is 0.408 e. The molecule has 0 aromatic heterocycles. The van der Waals surface area contributed by atoms with Gasteiger partial charge in [-0.3, -0.25) is 9.59 Å². The molecule has 0 aliphatic rings. The number of hydrogen-bond acceptors (Lipinski definition) is 6. The first-order valence-corrected chi connectivity index (χ1v) is 13.0. The molecule has 0 fully saturated rings. The van der Waals surface area contributed by atoms with Crippen molar-refractivity contribution in [3.05, 3.63) is 63.7 Å². The molecule has 0 bridgehead atoms. The molecule has 0 spiro atoms. The van der Waals surface area contributed by atoms with Gasteiger partial charge in [-0.25, -0.2) is 4.79 Å². The number of nitrogens with zero attached hydrogens (tertiary/aromatic N) is 1. The van der Waals surface area contributed by atoms with Crippen LogP contribution in [0.2, 0.25) is 5.02 Å². The van der Waals surface area contributed by atoms with Crippen molar-refractivity contribution >= 4 is 47.8 Å². The number of alkyl carbamates (subject to hydrolysis) is 1. The molecule has 0 heterocycles. The summed E-state index contributed by atoms with van der Waals surface area (Å²) in [5, 5.41) is 15.7. The third kappa shape index (κ3) is 8.12. The predicted octanol–water partition coefficient (Wildman–Crippen LogP) is 4.59. The monoisotopic (exact) mass is 549 g/mol. The van der Waals surface area contributed by atoms with Gasteiger partial charge in [-0.1, -0.05) is 41.9 Å². The molecule has 2 unspecified atom stereocenters. The summed E-state index contributed by atoms with van der Waals surface area (Å²) in [5.74, 6) is -1.15. The van der Waals surface area contributed by atoms with Crippen molar-refractivity contribution < 1.29 is 24.2 Å². The summed E-state index contributed by atoms with van der Waals surface area (Å²) in [6, 6.07) is 8.58. The Morgan fingerprint density at radius 1 is 1.05 bits per heavy atom. The molecule has 0 aliphatic heterocycles. The second-order valence-electron chi connectivity index (χ2n) is 9.77. The molecule has 0 radical (unpaired) electrons. The van der Waals surface area contributed by atoms with E-state index < -0.39 is 42.2 Å². The van der Waals surface area contributed by atoms with Gasteiger partial charge in [0.15, 0.2) is 0 Å². The lowest BCUT2D eigenvalue weighted by atomic mass is 9.93. The van der Waals surface area contributed by atoms with E-state index in [0.717, 1.165) is 16.7 Å². The lowest BCUT2D eigenvalue weighted by Gasteiger charge is -2.35. The molecular weight excluding hydrogens is 514 g/mol. The number of carbonyl (C=O) groups excluding carboxylic acids is 3. The Balaban J connectivity index is 2.56. The zero-order valence-electron chi connectivity index (χ0n) is 22.1. The molecular formula is C27H36ClN3O5S. The third-order valence-electron chi connectivity index (χ3n) is 5.64. The highest BCUT2D eigenvalue weighted by molar-refractivity contribution is 7.80. The van der Waals surface area contributed by atoms with E-state index in [1.165, 1.54) is 4.90 Å². The zero-order valence-corrected chi connectivity index (χ0v) is 23.7. The Morgan fingerprint density at radius 2 is 1.62 bits per heavy atom. The van der Waals surface area contributed by atoms with Crippen molar-refractivity contribution in [2.45, 2.75) is 59.2 Å². The number of halogens is 1. The van der Waals surface area contributed by atoms with Gasteiger partial charge in [0.1, 0.15) is 17.7 Å². The summed E-state index contributed by atoms with van der Waals surface area (Å²) in [6.07, 6.45) is -0.788. The van der Waals surface area contributed by atoms with Crippen molar-refractivity contribution in [3.8, 4) is 0 Å². The number of aliphatic hydroxyl groups excluding tert-OH is 1. The molecule has 2 aromatic carbocycles. The second-order valence-corrected chi connectivity index (χ2v) is 10.5. The highest BCUT2D eigenvalue weighted by Gasteiger charge is 2.37. The number of nitrogens with one attached hydrogen (secondary N) is 2. The molecule has 0 saturated carbocycles. The fourth-order valence-corrected chi connectivity index (χ4v) is 4.50. The largest absolute Gasteiger partial charge is 0.444 e. The van der Waals surface area contributed by atoms with Gasteiger partial charge in [0.2, 0.25) is 5.91 Å². The van der Waals surface area contributed by atoms with Crippen LogP contribution in [0.25, 0.3) is 0 Å². The van der Waals surface area contributed by atoms with Crippen LogP contribution in [0.1, 0.15) is 49.1 Å². The summed E-state index contributed by atoms with van der Waals surface area (Å²) in [7, 11) is 0. The number of aryl methyl sites for hydroxylation is 3. The number of amides is 3. The van der Waals surface area contributed by atoms with E-state index in [9.17, 15) is 19.5 Å². The Bertz CT molecular complexity index is 1100. The van der Waals surface area contributed by atoms with E-state index >= 15 is 0 Å². The fourth-order valence-electron chi connectivity index (χ4n) is 3.98. The standard InChI is InChI=1S/C27H36ClN3O5S/c1-16-9-7-10-17(2)21(16)23(24(33)30-22-18(3)11-8-12-19(22)28)31(13-14-32)25(34)20(15-37)29-26(35)36-27(4,5)6/h7-12,20,23,32,37H,13-15H2,1-6H3,(H,29,35)(H,30,33). The Labute approximate surface area is 229 Å². The van der Waals surface area contributed by atoms with E-state index in [-0.39, 0.29) is 12.3 Å². The first-order chi connectivity index (χ1) is 17.3. The number of hydrogen-bond donors (Lipinski definition) is 4. The van der Waals surface area contributed by atoms with Gasteiger partial charge in [0, 0.05) is 12.3 Å². The highest BCUT2D eigenvalue weighted by atomic mass is 35.5. The first kappa shape index (κ1) is 30.5. The molecule has 0 aliphatic carbocycles. The van der Waals surface area contributed by atoms with Crippen LogP contribution in [0.3, 0.4) is 0 Å². The lowest BCUT2D eigenvalue weighted by molar-refractivity contribution is -0.140. The minimum atomic E-state index is -1.13. The molecule has 8 nitrogen and oxygen atoms in total. The maximum absolute atomic E-state index is 13.9. The van der Waals surface area contributed by atoms with E-state index in [1.54, 1.807) is 32.9 Å². The van der Waals surface area contributed by atoms with Gasteiger partial charge in [-0.05, 0) is 69.9 Å². The van der Waals surface area contributed by atoms with Crippen LogP contribution in [-0.4, -0.2) is 58.5 Å². The number of ether oxygens (including phenoxy) is 1. The molecule has 0 saturated heterocycles. The van der Waals surface area contributed by atoms with Crippen LogP contribution in [0.4, 0.5) is 10.5 Å². The molecule has 2 rings (SSSR count). The summed E-state index contributed by atoms with van der Waals surface area (Å²) in [6.45, 7) is 10.1. The number of anilines is 1. The zero-order chi connectivity index (χ0) is 27.9. The average molecular weight is 550 g/mol. The van der Waals surface area contributed by atoms with Crippen LogP contribution < -0.4 is 10.6 Å². The number of rotatable bonds is 9. The van der Waals surface area contributed by atoms with Crippen LogP contribution in [0.15, 0.2) is 36.4 Å². The van der Waals surface area contributed by atoms with Crippen molar-refractivity contribution in [1.29, 1.82) is 0 Å². The molecule has 37 heavy (non-hydrogen) atoms. The van der Waals surface area contributed by atoms with Gasteiger partial charge >= 0.3 is 6.09 Å². The van der Waals surface area contributed by atoms with Crippen LogP contribution in [0.5, 0.6) is 0 Å². The molecule has 10 heteroatoms. The minimum Gasteiger partial charge on any atom is -0.444 e. The van der Waals surface area contributed by atoms with Crippen LogP contribution in [-0.2, 0) is 14.3 Å². The van der Waals surface area contributed by atoms with Crippen molar-refractivity contribution in [3.63, 3.8) is 0 Å². The summed E-state index contributed by atoms with van der Waals surface area (Å²) in [4.78, 5) is 41.4. The number of carbonyl (C=O) groups is 3. The van der Waals surface area contributed by atoms with Gasteiger partial charge in [0.25, 0.3) is 5.91 Å². The molecule has 3 N–H and O–H groups in total.